The molecule has 2 amide bonds. The molecule has 2 aromatic carbocycles. The molecule has 0 fully saturated rings. The lowest BCUT2D eigenvalue weighted by atomic mass is 10.2. The van der Waals surface area contributed by atoms with Crippen molar-refractivity contribution in [3.05, 3.63) is 65.7 Å². The largest absolute Gasteiger partial charge is 0.367 e. The predicted molar refractivity (Wildman–Crippen MR) is 98.4 cm³/mol. The summed E-state index contributed by atoms with van der Waals surface area (Å²) in [5.74, 6) is -0.229. The lowest BCUT2D eigenvalue weighted by Gasteiger charge is -2.18. The summed E-state index contributed by atoms with van der Waals surface area (Å²) in [5, 5.41) is 2.76. The second kappa shape index (κ2) is 9.59. The van der Waals surface area contributed by atoms with E-state index in [0.717, 1.165) is 5.56 Å². The van der Waals surface area contributed by atoms with Gasteiger partial charge in [-0.1, -0.05) is 30.3 Å². The maximum Gasteiger partial charge on any atom is 0.253 e. The summed E-state index contributed by atoms with van der Waals surface area (Å²) in [5.41, 5.74) is 2.28. The fourth-order valence-electron chi connectivity index (χ4n) is 2.42. The Kier molecular flexibility index (Phi) is 7.16. The van der Waals surface area contributed by atoms with Crippen molar-refractivity contribution in [1.29, 1.82) is 0 Å². The van der Waals surface area contributed by atoms with E-state index in [2.05, 4.69) is 5.32 Å². The number of carbonyl (C=O) groups is 2. The fourth-order valence-corrected chi connectivity index (χ4v) is 2.42. The van der Waals surface area contributed by atoms with Gasteiger partial charge >= 0.3 is 0 Å². The van der Waals surface area contributed by atoms with E-state index >= 15 is 0 Å². The van der Waals surface area contributed by atoms with Gasteiger partial charge in [0.05, 0.1) is 6.61 Å². The lowest BCUT2D eigenvalue weighted by Crippen LogP contribution is -2.30. The summed E-state index contributed by atoms with van der Waals surface area (Å²) in [4.78, 5) is 25.9. The molecule has 0 saturated heterocycles. The van der Waals surface area contributed by atoms with Gasteiger partial charge in [-0.25, -0.2) is 0 Å². The van der Waals surface area contributed by atoms with Gasteiger partial charge in [0, 0.05) is 24.3 Å². The molecule has 2 rings (SSSR count). The summed E-state index contributed by atoms with van der Waals surface area (Å²) < 4.78 is 5.40. The molecule has 25 heavy (non-hydrogen) atoms. The number of nitrogens with zero attached hydrogens (tertiary/aromatic N) is 1. The van der Waals surface area contributed by atoms with Crippen molar-refractivity contribution >= 4 is 17.5 Å². The Morgan fingerprint density at radius 2 is 1.60 bits per heavy atom. The summed E-state index contributed by atoms with van der Waals surface area (Å²) in [6, 6.07) is 16.6. The number of benzene rings is 2. The van der Waals surface area contributed by atoms with Crippen LogP contribution in [0.15, 0.2) is 54.6 Å². The second-order valence-electron chi connectivity index (χ2n) is 5.58. The number of anilines is 1. The molecule has 1 N–H and O–H groups in total. The number of ether oxygens (including phenoxy) is 1. The maximum absolute atomic E-state index is 12.2. The van der Waals surface area contributed by atoms with Gasteiger partial charge in [-0.15, -0.1) is 0 Å². The average molecular weight is 340 g/mol. The standard InChI is InChI=1S/C20H24N2O3/c1-3-22(4-2)20(24)17-10-12-18(13-11-17)21-19(23)15-25-14-16-8-6-5-7-9-16/h5-13H,3-4,14-15H2,1-2H3,(H,21,23). The van der Waals surface area contributed by atoms with Crippen molar-refractivity contribution in [2.24, 2.45) is 0 Å². The van der Waals surface area contributed by atoms with Crippen molar-refractivity contribution in [3.8, 4) is 0 Å². The molecule has 0 radical (unpaired) electrons. The van der Waals surface area contributed by atoms with Crippen molar-refractivity contribution in [3.63, 3.8) is 0 Å². The third kappa shape index (κ3) is 5.72. The van der Waals surface area contributed by atoms with Crippen molar-refractivity contribution in [2.45, 2.75) is 20.5 Å². The first-order valence-electron chi connectivity index (χ1n) is 8.45. The van der Waals surface area contributed by atoms with E-state index in [9.17, 15) is 9.59 Å². The number of hydrogen-bond acceptors (Lipinski definition) is 3. The Hall–Kier alpha value is -2.66. The minimum absolute atomic E-state index is 0.00549. The van der Waals surface area contributed by atoms with Crippen LogP contribution in [0.2, 0.25) is 0 Å². The van der Waals surface area contributed by atoms with Crippen LogP contribution >= 0.6 is 0 Å². The normalized spacial score (nSPS) is 10.3. The van der Waals surface area contributed by atoms with Crippen LogP contribution in [0.4, 0.5) is 5.69 Å². The molecule has 132 valence electrons. The Balaban J connectivity index is 1.82. The fraction of sp³-hybridized carbons (Fsp3) is 0.300. The molecule has 0 bridgehead atoms. The SMILES string of the molecule is CCN(CC)C(=O)c1ccc(NC(=O)COCc2ccccc2)cc1. The van der Waals surface area contributed by atoms with E-state index < -0.39 is 0 Å². The van der Waals surface area contributed by atoms with E-state index in [1.807, 2.05) is 44.2 Å². The van der Waals surface area contributed by atoms with Crippen LogP contribution in [0.3, 0.4) is 0 Å². The van der Waals surface area contributed by atoms with E-state index in [-0.39, 0.29) is 18.4 Å². The van der Waals surface area contributed by atoms with Gasteiger partial charge in [-0.2, -0.15) is 0 Å². The quantitative estimate of drug-likeness (QED) is 0.802. The molecular formula is C20H24N2O3. The highest BCUT2D eigenvalue weighted by molar-refractivity contribution is 5.96. The van der Waals surface area contributed by atoms with Crippen LogP contribution < -0.4 is 5.32 Å². The van der Waals surface area contributed by atoms with Crippen LogP contribution in [-0.4, -0.2) is 36.4 Å². The molecule has 0 atom stereocenters. The molecule has 0 aliphatic carbocycles. The van der Waals surface area contributed by atoms with Crippen LogP contribution in [0.25, 0.3) is 0 Å². The van der Waals surface area contributed by atoms with Gasteiger partial charge in [0.15, 0.2) is 0 Å². The molecule has 5 nitrogen and oxygen atoms in total. The summed E-state index contributed by atoms with van der Waals surface area (Å²) >= 11 is 0. The highest BCUT2D eigenvalue weighted by atomic mass is 16.5. The Morgan fingerprint density at radius 3 is 2.20 bits per heavy atom. The molecule has 0 heterocycles. The maximum atomic E-state index is 12.2. The van der Waals surface area contributed by atoms with Gasteiger partial charge in [0.25, 0.3) is 5.91 Å². The van der Waals surface area contributed by atoms with Gasteiger partial charge in [0.1, 0.15) is 6.61 Å². The minimum Gasteiger partial charge on any atom is -0.367 e. The van der Waals surface area contributed by atoms with Crippen LogP contribution in [0, 0.1) is 0 Å². The van der Waals surface area contributed by atoms with Crippen LogP contribution in [0.5, 0.6) is 0 Å². The van der Waals surface area contributed by atoms with Crippen LogP contribution in [-0.2, 0) is 16.1 Å². The van der Waals surface area contributed by atoms with Gasteiger partial charge in [0.2, 0.25) is 5.91 Å². The zero-order chi connectivity index (χ0) is 18.1. The first-order chi connectivity index (χ1) is 12.1. The van der Waals surface area contributed by atoms with E-state index in [1.54, 1.807) is 29.2 Å². The highest BCUT2D eigenvalue weighted by Gasteiger charge is 2.12. The van der Waals surface area contributed by atoms with Gasteiger partial charge in [-0.05, 0) is 43.7 Å². The van der Waals surface area contributed by atoms with E-state index in [1.165, 1.54) is 0 Å². The number of carbonyl (C=O) groups excluding carboxylic acids is 2. The molecule has 0 saturated carbocycles. The number of hydrogen-bond donors (Lipinski definition) is 1. The minimum atomic E-state index is -0.223. The molecule has 5 heteroatoms. The zero-order valence-electron chi connectivity index (χ0n) is 14.7. The van der Waals surface area contributed by atoms with Crippen molar-refractivity contribution in [2.75, 3.05) is 25.0 Å². The third-order valence-electron chi connectivity index (χ3n) is 3.81. The molecule has 0 aliphatic rings. The number of amides is 2. The molecular weight excluding hydrogens is 316 g/mol. The molecule has 0 aromatic heterocycles. The van der Waals surface area contributed by atoms with Crippen molar-refractivity contribution < 1.29 is 14.3 Å². The van der Waals surface area contributed by atoms with Gasteiger partial charge < -0.3 is 15.0 Å². The Bertz CT molecular complexity index is 680. The smallest absolute Gasteiger partial charge is 0.253 e. The highest BCUT2D eigenvalue weighted by Crippen LogP contribution is 2.12. The van der Waals surface area contributed by atoms with Crippen molar-refractivity contribution in [1.82, 2.24) is 4.90 Å². The molecule has 0 spiro atoms. The van der Waals surface area contributed by atoms with E-state index in [4.69, 9.17) is 4.74 Å². The lowest BCUT2D eigenvalue weighted by molar-refractivity contribution is -0.121. The van der Waals surface area contributed by atoms with Crippen LogP contribution in [0.1, 0.15) is 29.8 Å². The molecule has 0 unspecified atom stereocenters. The molecule has 0 aliphatic heterocycles. The average Bonchev–Trinajstić information content (AvgIpc) is 2.64. The summed E-state index contributed by atoms with van der Waals surface area (Å²) in [6.45, 7) is 5.62. The third-order valence-corrected chi connectivity index (χ3v) is 3.81. The monoisotopic (exact) mass is 340 g/mol. The zero-order valence-corrected chi connectivity index (χ0v) is 14.7. The summed E-state index contributed by atoms with van der Waals surface area (Å²) in [7, 11) is 0. The topological polar surface area (TPSA) is 58.6 Å². The first kappa shape index (κ1) is 18.7. The van der Waals surface area contributed by atoms with E-state index in [0.29, 0.717) is 30.9 Å². The second-order valence-corrected chi connectivity index (χ2v) is 5.58. The molecule has 2 aromatic rings. The number of nitrogens with one attached hydrogen (secondary N) is 1. The predicted octanol–water partition coefficient (Wildman–Crippen LogP) is 3.32. The first-order valence-corrected chi connectivity index (χ1v) is 8.45. The summed E-state index contributed by atoms with van der Waals surface area (Å²) in [6.07, 6.45) is 0. The number of rotatable bonds is 8. The Morgan fingerprint density at radius 1 is 0.960 bits per heavy atom. The van der Waals surface area contributed by atoms with Gasteiger partial charge in [-0.3, -0.25) is 9.59 Å². The Labute approximate surface area is 148 Å².